The van der Waals surface area contributed by atoms with Crippen molar-refractivity contribution in [2.24, 2.45) is 0 Å². The predicted molar refractivity (Wildman–Crippen MR) is 144 cm³/mol. The van der Waals surface area contributed by atoms with Crippen LogP contribution in [-0.4, -0.2) is 61.8 Å². The SMILES string of the molecule is CNC(=O)c1cc(-c2cc(N[C@H](C)CO)nc(-c3cc(NC(=O)c4cc(C(F)(F)F)cnn4)ccc3C)n2)ccn1. The maximum atomic E-state index is 13.1. The third-order valence-electron chi connectivity index (χ3n) is 5.86. The molecule has 0 aliphatic rings. The molecule has 0 aliphatic carbocycles. The molecule has 4 aromatic rings. The van der Waals surface area contributed by atoms with Gasteiger partial charge in [-0.05, 0) is 49.7 Å². The zero-order valence-corrected chi connectivity index (χ0v) is 22.1. The standard InChI is InChI=1S/C27H25F3N8O3/c1-14-4-5-18(35-26(41)22-9-17(12-33-38-22)27(28,29)30)10-19(14)24-36-20(11-23(37-24)34-15(2)13-39)16-6-7-32-21(8-16)25(40)31-3/h4-12,15,39H,13H2,1-3H3,(H,31,40)(H,35,41)(H,34,36,37)/t15-/m1/s1. The summed E-state index contributed by atoms with van der Waals surface area (Å²) in [5, 5.41) is 24.5. The molecular formula is C27H25F3N8O3. The smallest absolute Gasteiger partial charge is 0.394 e. The normalized spacial score (nSPS) is 12.0. The number of benzene rings is 1. The van der Waals surface area contributed by atoms with Gasteiger partial charge in [0, 0.05) is 42.2 Å². The average Bonchev–Trinajstić information content (AvgIpc) is 2.97. The summed E-state index contributed by atoms with van der Waals surface area (Å²) in [5.74, 6) is -0.623. The molecular weight excluding hydrogens is 541 g/mol. The van der Waals surface area contributed by atoms with E-state index in [1.165, 1.54) is 13.2 Å². The first kappa shape index (κ1) is 29.0. The number of aliphatic hydroxyl groups excluding tert-OH is 1. The zero-order valence-electron chi connectivity index (χ0n) is 22.1. The lowest BCUT2D eigenvalue weighted by molar-refractivity contribution is -0.137. The second-order valence-corrected chi connectivity index (χ2v) is 9.01. The van der Waals surface area contributed by atoms with Gasteiger partial charge in [0.2, 0.25) is 0 Å². The highest BCUT2D eigenvalue weighted by Crippen LogP contribution is 2.30. The van der Waals surface area contributed by atoms with Crippen LogP contribution in [0, 0.1) is 6.92 Å². The van der Waals surface area contributed by atoms with E-state index >= 15 is 0 Å². The monoisotopic (exact) mass is 566 g/mol. The number of pyridine rings is 1. The van der Waals surface area contributed by atoms with Crippen molar-refractivity contribution >= 4 is 23.3 Å². The number of hydrogen-bond acceptors (Lipinski definition) is 9. The Balaban J connectivity index is 1.73. The third kappa shape index (κ3) is 6.97. The molecule has 4 rings (SSSR count). The molecule has 3 aromatic heterocycles. The molecule has 0 bridgehead atoms. The highest BCUT2D eigenvalue weighted by Gasteiger charge is 2.32. The van der Waals surface area contributed by atoms with Crippen LogP contribution < -0.4 is 16.0 Å². The molecule has 0 aliphatic heterocycles. The fourth-order valence-corrected chi connectivity index (χ4v) is 3.70. The Morgan fingerprint density at radius 3 is 2.51 bits per heavy atom. The van der Waals surface area contributed by atoms with E-state index in [4.69, 9.17) is 0 Å². The lowest BCUT2D eigenvalue weighted by Crippen LogP contribution is -2.20. The number of amides is 2. The van der Waals surface area contributed by atoms with Crippen molar-refractivity contribution in [1.82, 2.24) is 30.5 Å². The lowest BCUT2D eigenvalue weighted by Gasteiger charge is -2.15. The Labute approximate surface area is 232 Å². The van der Waals surface area contributed by atoms with Gasteiger partial charge in [-0.1, -0.05) is 6.07 Å². The molecule has 212 valence electrons. The van der Waals surface area contributed by atoms with Gasteiger partial charge in [0.1, 0.15) is 11.5 Å². The Hall–Kier alpha value is -4.98. The van der Waals surface area contributed by atoms with Crippen molar-refractivity contribution in [3.8, 4) is 22.6 Å². The van der Waals surface area contributed by atoms with Gasteiger partial charge in [-0.2, -0.15) is 18.3 Å². The number of hydrogen-bond donors (Lipinski definition) is 4. The number of aliphatic hydroxyl groups is 1. The number of aryl methyl sites for hydroxylation is 1. The fraction of sp³-hybridized carbons (Fsp3) is 0.222. The molecule has 3 heterocycles. The Bertz CT molecular complexity index is 1600. The van der Waals surface area contributed by atoms with Crippen molar-refractivity contribution in [1.29, 1.82) is 0 Å². The minimum absolute atomic E-state index is 0.163. The maximum absolute atomic E-state index is 13.1. The van der Waals surface area contributed by atoms with Crippen molar-refractivity contribution < 1.29 is 27.9 Å². The van der Waals surface area contributed by atoms with Crippen LogP contribution in [0.3, 0.4) is 0 Å². The van der Waals surface area contributed by atoms with Gasteiger partial charge < -0.3 is 21.1 Å². The van der Waals surface area contributed by atoms with Crippen LogP contribution in [0.2, 0.25) is 0 Å². The first-order valence-corrected chi connectivity index (χ1v) is 12.3. The summed E-state index contributed by atoms with van der Waals surface area (Å²) in [4.78, 5) is 38.2. The van der Waals surface area contributed by atoms with Crippen LogP contribution in [0.15, 0.2) is 54.9 Å². The fourth-order valence-electron chi connectivity index (χ4n) is 3.70. The number of aromatic nitrogens is 5. The minimum atomic E-state index is -4.68. The second kappa shape index (κ2) is 12.0. The van der Waals surface area contributed by atoms with Crippen molar-refractivity contribution in [2.75, 3.05) is 24.3 Å². The molecule has 0 saturated carbocycles. The Morgan fingerprint density at radius 1 is 1.02 bits per heavy atom. The molecule has 0 fully saturated rings. The van der Waals surface area contributed by atoms with Crippen LogP contribution in [0.25, 0.3) is 22.6 Å². The van der Waals surface area contributed by atoms with Gasteiger partial charge in [0.25, 0.3) is 11.8 Å². The number of alkyl halides is 3. The molecule has 0 radical (unpaired) electrons. The van der Waals surface area contributed by atoms with Gasteiger partial charge >= 0.3 is 6.18 Å². The first-order chi connectivity index (χ1) is 19.5. The molecule has 14 heteroatoms. The van der Waals surface area contributed by atoms with E-state index in [1.54, 1.807) is 50.2 Å². The van der Waals surface area contributed by atoms with Crippen LogP contribution in [0.1, 0.15) is 39.0 Å². The summed E-state index contributed by atoms with van der Waals surface area (Å²) in [6.45, 7) is 3.40. The molecule has 1 aromatic carbocycles. The van der Waals surface area contributed by atoms with Gasteiger partial charge in [0.15, 0.2) is 11.5 Å². The van der Waals surface area contributed by atoms with E-state index in [-0.39, 0.29) is 35.8 Å². The van der Waals surface area contributed by atoms with Crippen LogP contribution in [0.4, 0.5) is 24.7 Å². The molecule has 4 N–H and O–H groups in total. The van der Waals surface area contributed by atoms with E-state index in [0.717, 1.165) is 5.56 Å². The maximum Gasteiger partial charge on any atom is 0.418 e. The minimum Gasteiger partial charge on any atom is -0.394 e. The van der Waals surface area contributed by atoms with Crippen molar-refractivity contribution in [2.45, 2.75) is 26.1 Å². The Kier molecular flexibility index (Phi) is 8.52. The quantitative estimate of drug-likeness (QED) is 0.250. The molecule has 1 atom stereocenters. The molecule has 0 unspecified atom stereocenters. The molecule has 0 spiro atoms. The lowest BCUT2D eigenvalue weighted by atomic mass is 10.1. The number of carbonyl (C=O) groups excluding carboxylic acids is 2. The first-order valence-electron chi connectivity index (χ1n) is 12.3. The number of nitrogens with zero attached hydrogens (tertiary/aromatic N) is 5. The van der Waals surface area contributed by atoms with Crippen molar-refractivity contribution in [3.63, 3.8) is 0 Å². The molecule has 41 heavy (non-hydrogen) atoms. The molecule has 0 saturated heterocycles. The number of anilines is 2. The zero-order chi connectivity index (χ0) is 29.7. The number of nitrogens with one attached hydrogen (secondary N) is 3. The van der Waals surface area contributed by atoms with Crippen LogP contribution >= 0.6 is 0 Å². The Morgan fingerprint density at radius 2 is 1.80 bits per heavy atom. The predicted octanol–water partition coefficient (Wildman–Crippen LogP) is 3.73. The summed E-state index contributed by atoms with van der Waals surface area (Å²) in [7, 11) is 1.49. The van der Waals surface area contributed by atoms with Crippen molar-refractivity contribution in [3.05, 3.63) is 77.4 Å². The molecule has 2 amide bonds. The summed E-state index contributed by atoms with van der Waals surface area (Å²) in [6, 6.07) is 10.0. The summed E-state index contributed by atoms with van der Waals surface area (Å²) in [6.07, 6.45) is -2.67. The summed E-state index contributed by atoms with van der Waals surface area (Å²) < 4.78 is 39.2. The van der Waals surface area contributed by atoms with E-state index in [0.29, 0.717) is 34.9 Å². The number of carbonyl (C=O) groups is 2. The third-order valence-corrected chi connectivity index (χ3v) is 5.86. The summed E-state index contributed by atoms with van der Waals surface area (Å²) >= 11 is 0. The van der Waals surface area contributed by atoms with E-state index < -0.39 is 23.3 Å². The highest BCUT2D eigenvalue weighted by atomic mass is 19.4. The summed E-state index contributed by atoms with van der Waals surface area (Å²) in [5.41, 5.74) is 1.11. The average molecular weight is 567 g/mol. The van der Waals surface area contributed by atoms with Gasteiger partial charge in [0.05, 0.1) is 24.1 Å². The topological polar surface area (TPSA) is 155 Å². The largest absolute Gasteiger partial charge is 0.418 e. The number of rotatable bonds is 8. The second-order valence-electron chi connectivity index (χ2n) is 9.01. The van der Waals surface area contributed by atoms with Gasteiger partial charge in [-0.3, -0.25) is 14.6 Å². The van der Waals surface area contributed by atoms with Gasteiger partial charge in [-0.15, -0.1) is 5.10 Å². The van der Waals surface area contributed by atoms with E-state index in [1.807, 2.05) is 0 Å². The number of halogens is 3. The van der Waals surface area contributed by atoms with E-state index in [2.05, 4.69) is 41.1 Å². The molecule has 11 nitrogen and oxygen atoms in total. The van der Waals surface area contributed by atoms with Crippen LogP contribution in [0.5, 0.6) is 0 Å². The van der Waals surface area contributed by atoms with Crippen LogP contribution in [-0.2, 0) is 6.18 Å². The van der Waals surface area contributed by atoms with E-state index in [9.17, 15) is 27.9 Å². The van der Waals surface area contributed by atoms with Gasteiger partial charge in [-0.25, -0.2) is 9.97 Å². The highest BCUT2D eigenvalue weighted by molar-refractivity contribution is 6.03.